The first-order valence-electron chi connectivity index (χ1n) is 19.6. The van der Waals surface area contributed by atoms with Crippen LogP contribution in [0.2, 0.25) is 0 Å². The summed E-state index contributed by atoms with van der Waals surface area (Å²) in [6.45, 7) is 4.32. The van der Waals surface area contributed by atoms with Crippen molar-refractivity contribution < 1.29 is 18.9 Å². The lowest BCUT2D eigenvalue weighted by molar-refractivity contribution is -0.178. The van der Waals surface area contributed by atoms with Gasteiger partial charge in [-0.05, 0) is 35.6 Å². The quantitative estimate of drug-likeness (QED) is 0.0798. The maximum atomic E-state index is 6.66. The van der Waals surface area contributed by atoms with E-state index in [0.717, 1.165) is 28.9 Å². The van der Waals surface area contributed by atoms with Gasteiger partial charge in [0.15, 0.2) is 6.10 Å². The first kappa shape index (κ1) is 38.9. The number of rotatable bonds is 26. The van der Waals surface area contributed by atoms with Crippen LogP contribution in [0, 0.1) is 0 Å². The fourth-order valence-corrected chi connectivity index (χ4v) is 6.68. The predicted octanol–water partition coefficient (Wildman–Crippen LogP) is 12.3. The van der Waals surface area contributed by atoms with Gasteiger partial charge in [-0.3, -0.25) is 0 Å². The lowest BCUT2D eigenvalue weighted by Gasteiger charge is -2.39. The fraction of sp³-hybridized carbons (Fsp3) is 0.556. The van der Waals surface area contributed by atoms with Gasteiger partial charge in [0.25, 0.3) is 0 Å². The molecule has 0 unspecified atom stereocenters. The molecule has 1 saturated heterocycles. The van der Waals surface area contributed by atoms with E-state index in [4.69, 9.17) is 18.9 Å². The molecule has 0 aliphatic carbocycles. The van der Waals surface area contributed by atoms with Gasteiger partial charge in [-0.2, -0.15) is 0 Å². The van der Waals surface area contributed by atoms with Gasteiger partial charge in [0.05, 0.1) is 38.3 Å². The van der Waals surface area contributed by atoms with Crippen molar-refractivity contribution in [1.29, 1.82) is 0 Å². The van der Waals surface area contributed by atoms with Crippen molar-refractivity contribution in [3.63, 3.8) is 0 Å². The Morgan fingerprint density at radius 3 is 1.51 bits per heavy atom. The maximum Gasteiger partial charge on any atom is 0.150 e. The summed E-state index contributed by atoms with van der Waals surface area (Å²) in [5.41, 5.74) is 3.46. The molecule has 0 aromatic heterocycles. The van der Waals surface area contributed by atoms with Crippen LogP contribution in [0.1, 0.15) is 133 Å². The lowest BCUT2D eigenvalue weighted by atomic mass is 9.98. The number of hydrogen-bond donors (Lipinski definition) is 0. The van der Waals surface area contributed by atoms with E-state index >= 15 is 0 Å². The SMILES string of the molecule is CCCCCCCCCCCCCCCCC/C=C1/C[C@@H](OCc2ccccc2)[C@H](OCc2ccccc2)[C@@H](COCc2ccccc2)O1. The molecular formula is C45H64O4. The summed E-state index contributed by atoms with van der Waals surface area (Å²) < 4.78 is 26.1. The van der Waals surface area contributed by atoms with Gasteiger partial charge in [0.1, 0.15) is 6.10 Å². The molecule has 1 aliphatic rings. The van der Waals surface area contributed by atoms with E-state index in [1.165, 1.54) is 96.3 Å². The molecular weight excluding hydrogens is 604 g/mol. The molecule has 4 nitrogen and oxygen atoms in total. The predicted molar refractivity (Wildman–Crippen MR) is 203 cm³/mol. The molecule has 0 N–H and O–H groups in total. The van der Waals surface area contributed by atoms with Gasteiger partial charge in [-0.1, -0.05) is 188 Å². The van der Waals surface area contributed by atoms with Gasteiger partial charge in [0, 0.05) is 6.42 Å². The highest BCUT2D eigenvalue weighted by molar-refractivity contribution is 5.16. The van der Waals surface area contributed by atoms with Gasteiger partial charge in [-0.15, -0.1) is 0 Å². The molecule has 4 heteroatoms. The van der Waals surface area contributed by atoms with E-state index in [0.29, 0.717) is 32.8 Å². The summed E-state index contributed by atoms with van der Waals surface area (Å²) in [5, 5.41) is 0. The van der Waals surface area contributed by atoms with Crippen molar-refractivity contribution >= 4 is 0 Å². The molecule has 3 atom stereocenters. The molecule has 268 valence electrons. The topological polar surface area (TPSA) is 36.9 Å². The van der Waals surface area contributed by atoms with Crippen molar-refractivity contribution in [2.24, 2.45) is 0 Å². The highest BCUT2D eigenvalue weighted by Crippen LogP contribution is 2.30. The second kappa shape index (κ2) is 25.1. The van der Waals surface area contributed by atoms with E-state index in [2.05, 4.69) is 73.7 Å². The molecule has 0 radical (unpaired) electrons. The van der Waals surface area contributed by atoms with E-state index in [1.807, 2.05) is 30.3 Å². The third-order valence-corrected chi connectivity index (χ3v) is 9.60. The van der Waals surface area contributed by atoms with Crippen LogP contribution in [-0.2, 0) is 38.8 Å². The molecule has 1 aliphatic heterocycles. The highest BCUT2D eigenvalue weighted by atomic mass is 16.6. The van der Waals surface area contributed by atoms with E-state index in [-0.39, 0.29) is 18.3 Å². The van der Waals surface area contributed by atoms with Gasteiger partial charge in [0.2, 0.25) is 0 Å². The lowest BCUT2D eigenvalue weighted by Crippen LogP contribution is -2.48. The second-order valence-electron chi connectivity index (χ2n) is 13.9. The molecule has 0 bridgehead atoms. The molecule has 3 aromatic carbocycles. The van der Waals surface area contributed by atoms with Gasteiger partial charge < -0.3 is 18.9 Å². The van der Waals surface area contributed by atoms with Crippen molar-refractivity contribution in [2.75, 3.05) is 6.61 Å². The summed E-state index contributed by atoms with van der Waals surface area (Å²) in [7, 11) is 0. The zero-order valence-electron chi connectivity index (χ0n) is 30.5. The molecule has 0 spiro atoms. The van der Waals surface area contributed by atoms with Crippen LogP contribution in [0.5, 0.6) is 0 Å². The van der Waals surface area contributed by atoms with Crippen molar-refractivity contribution in [2.45, 2.75) is 154 Å². The van der Waals surface area contributed by atoms with Crippen molar-refractivity contribution in [3.8, 4) is 0 Å². The fourth-order valence-electron chi connectivity index (χ4n) is 6.68. The minimum atomic E-state index is -0.255. The van der Waals surface area contributed by atoms with Crippen molar-refractivity contribution in [3.05, 3.63) is 120 Å². The Balaban J connectivity index is 1.24. The van der Waals surface area contributed by atoms with Crippen LogP contribution >= 0.6 is 0 Å². The summed E-state index contributed by atoms with van der Waals surface area (Å²) >= 11 is 0. The molecule has 3 aromatic rings. The number of unbranched alkanes of at least 4 members (excludes halogenated alkanes) is 15. The van der Waals surface area contributed by atoms with Gasteiger partial charge in [-0.25, -0.2) is 0 Å². The normalized spacial score (nSPS) is 18.5. The third kappa shape index (κ3) is 16.6. The van der Waals surface area contributed by atoms with Gasteiger partial charge >= 0.3 is 0 Å². The first-order valence-corrected chi connectivity index (χ1v) is 19.6. The number of hydrogen-bond acceptors (Lipinski definition) is 4. The van der Waals surface area contributed by atoms with Crippen LogP contribution in [0.4, 0.5) is 0 Å². The minimum Gasteiger partial charge on any atom is -0.490 e. The second-order valence-corrected chi connectivity index (χ2v) is 13.9. The Hall–Kier alpha value is -2.92. The van der Waals surface area contributed by atoms with Crippen LogP contribution in [-0.4, -0.2) is 24.9 Å². The Labute approximate surface area is 298 Å². The van der Waals surface area contributed by atoms with Crippen LogP contribution < -0.4 is 0 Å². The van der Waals surface area contributed by atoms with Crippen LogP contribution in [0.15, 0.2) is 103 Å². The monoisotopic (exact) mass is 668 g/mol. The average molecular weight is 669 g/mol. The van der Waals surface area contributed by atoms with E-state index in [9.17, 15) is 0 Å². The Morgan fingerprint density at radius 1 is 0.551 bits per heavy atom. The van der Waals surface area contributed by atoms with Crippen LogP contribution in [0.25, 0.3) is 0 Å². The first-order chi connectivity index (χ1) is 24.3. The Bertz CT molecular complexity index is 1230. The Kier molecular flexibility index (Phi) is 19.9. The van der Waals surface area contributed by atoms with E-state index in [1.54, 1.807) is 0 Å². The highest BCUT2D eigenvalue weighted by Gasteiger charge is 2.39. The molecule has 4 rings (SSSR count). The molecule has 0 saturated carbocycles. The Morgan fingerprint density at radius 2 is 1.00 bits per heavy atom. The number of benzene rings is 3. The largest absolute Gasteiger partial charge is 0.490 e. The maximum absolute atomic E-state index is 6.66. The minimum absolute atomic E-state index is 0.129. The molecule has 0 amide bonds. The zero-order valence-corrected chi connectivity index (χ0v) is 30.5. The number of ether oxygens (including phenoxy) is 4. The average Bonchev–Trinajstić information content (AvgIpc) is 3.14. The van der Waals surface area contributed by atoms with Crippen molar-refractivity contribution in [1.82, 2.24) is 0 Å². The zero-order chi connectivity index (χ0) is 34.0. The standard InChI is InChI=1S/C45H64O4/c1-2-3-4-5-6-7-8-9-10-11-12-13-14-15-16-26-33-42-34-43(47-36-40-29-22-18-23-30-40)45(48-37-41-31-24-19-25-32-41)44(49-42)38-46-35-39-27-20-17-21-28-39/h17-25,27-33,43-45H,2-16,26,34-38H2,1H3/b42-33-/t43-,44-,45+/m1/s1. The molecule has 49 heavy (non-hydrogen) atoms. The van der Waals surface area contributed by atoms with Crippen LogP contribution in [0.3, 0.4) is 0 Å². The third-order valence-electron chi connectivity index (χ3n) is 9.60. The smallest absolute Gasteiger partial charge is 0.150 e. The summed E-state index contributed by atoms with van der Waals surface area (Å²) in [6.07, 6.45) is 24.1. The van der Waals surface area contributed by atoms with E-state index < -0.39 is 0 Å². The molecule has 1 heterocycles. The summed E-state index contributed by atoms with van der Waals surface area (Å²) in [6, 6.07) is 31.1. The summed E-state index contributed by atoms with van der Waals surface area (Å²) in [5.74, 6) is 1.01. The molecule has 1 fully saturated rings. The summed E-state index contributed by atoms with van der Waals surface area (Å²) in [4.78, 5) is 0. The number of allylic oxidation sites excluding steroid dienone is 1.